The van der Waals surface area contributed by atoms with Crippen LogP contribution in [0.3, 0.4) is 0 Å². The van der Waals surface area contributed by atoms with Crippen LogP contribution in [0, 0.1) is 19.3 Å². The molecule has 1 aromatic carbocycles. The summed E-state index contributed by atoms with van der Waals surface area (Å²) in [5, 5.41) is 0. The van der Waals surface area contributed by atoms with Gasteiger partial charge in [0.05, 0.1) is 7.11 Å². The maximum Gasteiger partial charge on any atom is 0.168 e. The van der Waals surface area contributed by atoms with Crippen molar-refractivity contribution in [3.8, 4) is 5.75 Å². The molecule has 0 amide bonds. The number of carbonyl (C=O) groups excluding carboxylic acids is 1. The van der Waals surface area contributed by atoms with E-state index >= 15 is 0 Å². The Morgan fingerprint density at radius 2 is 1.89 bits per heavy atom. The SMILES string of the molecule is COc1cc(C)c(C(=O)C(C)(C)CCN)cc1C. The topological polar surface area (TPSA) is 52.3 Å². The molecule has 1 aromatic rings. The highest BCUT2D eigenvalue weighted by molar-refractivity contribution is 6.01. The molecule has 0 aromatic heterocycles. The highest BCUT2D eigenvalue weighted by atomic mass is 16.5. The fourth-order valence-corrected chi connectivity index (χ4v) is 2.09. The van der Waals surface area contributed by atoms with Crippen molar-refractivity contribution in [2.75, 3.05) is 13.7 Å². The molecule has 0 aliphatic rings. The van der Waals surface area contributed by atoms with Gasteiger partial charge in [0, 0.05) is 11.0 Å². The van der Waals surface area contributed by atoms with Crippen LogP contribution in [0.15, 0.2) is 12.1 Å². The number of rotatable bonds is 5. The first-order valence-corrected chi connectivity index (χ1v) is 6.23. The van der Waals surface area contributed by atoms with Crippen LogP contribution in [0.1, 0.15) is 41.8 Å². The molecule has 3 heteroatoms. The number of hydrogen-bond donors (Lipinski definition) is 1. The van der Waals surface area contributed by atoms with Crippen LogP contribution >= 0.6 is 0 Å². The van der Waals surface area contributed by atoms with E-state index in [0.717, 1.165) is 22.4 Å². The van der Waals surface area contributed by atoms with Gasteiger partial charge in [-0.2, -0.15) is 0 Å². The van der Waals surface area contributed by atoms with E-state index in [1.54, 1.807) is 7.11 Å². The Labute approximate surface area is 109 Å². The summed E-state index contributed by atoms with van der Waals surface area (Å²) in [5.41, 5.74) is 7.86. The van der Waals surface area contributed by atoms with Gasteiger partial charge in [-0.3, -0.25) is 4.79 Å². The minimum atomic E-state index is -0.416. The van der Waals surface area contributed by atoms with Crippen LogP contribution in [0.4, 0.5) is 0 Å². The number of ketones is 1. The van der Waals surface area contributed by atoms with E-state index < -0.39 is 5.41 Å². The third kappa shape index (κ3) is 2.91. The van der Waals surface area contributed by atoms with E-state index in [1.807, 2.05) is 39.8 Å². The lowest BCUT2D eigenvalue weighted by molar-refractivity contribution is 0.0828. The predicted molar refractivity (Wildman–Crippen MR) is 74.3 cm³/mol. The zero-order chi connectivity index (χ0) is 13.9. The lowest BCUT2D eigenvalue weighted by Gasteiger charge is -2.23. The van der Waals surface area contributed by atoms with Crippen molar-refractivity contribution in [1.82, 2.24) is 0 Å². The number of carbonyl (C=O) groups is 1. The average molecular weight is 249 g/mol. The van der Waals surface area contributed by atoms with Gasteiger partial charge in [0.15, 0.2) is 5.78 Å². The highest BCUT2D eigenvalue weighted by Gasteiger charge is 2.29. The van der Waals surface area contributed by atoms with Crippen molar-refractivity contribution >= 4 is 5.78 Å². The molecule has 0 atom stereocenters. The second kappa shape index (κ2) is 5.53. The molecule has 0 radical (unpaired) electrons. The Bertz CT molecular complexity index is 450. The molecule has 100 valence electrons. The van der Waals surface area contributed by atoms with Gasteiger partial charge in [0.25, 0.3) is 0 Å². The number of Topliss-reactive ketones (excluding diaryl/α,β-unsaturated/α-hetero) is 1. The van der Waals surface area contributed by atoms with Gasteiger partial charge in [0.1, 0.15) is 5.75 Å². The van der Waals surface area contributed by atoms with E-state index in [4.69, 9.17) is 10.5 Å². The van der Waals surface area contributed by atoms with Gasteiger partial charge in [0.2, 0.25) is 0 Å². The van der Waals surface area contributed by atoms with Crippen LogP contribution in [-0.2, 0) is 0 Å². The van der Waals surface area contributed by atoms with Crippen molar-refractivity contribution in [3.63, 3.8) is 0 Å². The number of hydrogen-bond acceptors (Lipinski definition) is 3. The van der Waals surface area contributed by atoms with Crippen LogP contribution in [0.2, 0.25) is 0 Å². The minimum Gasteiger partial charge on any atom is -0.496 e. The summed E-state index contributed by atoms with van der Waals surface area (Å²) in [6, 6.07) is 3.83. The Balaban J connectivity index is 3.18. The van der Waals surface area contributed by atoms with Gasteiger partial charge in [-0.05, 0) is 50.1 Å². The predicted octanol–water partition coefficient (Wildman–Crippen LogP) is 2.87. The number of benzene rings is 1. The lowest BCUT2D eigenvalue weighted by Crippen LogP contribution is -2.28. The molecule has 2 N–H and O–H groups in total. The first-order chi connectivity index (χ1) is 8.33. The molecule has 0 aliphatic heterocycles. The molecular formula is C15H23NO2. The van der Waals surface area contributed by atoms with Crippen molar-refractivity contribution in [1.29, 1.82) is 0 Å². The molecule has 0 bridgehead atoms. The second-order valence-corrected chi connectivity index (χ2v) is 5.39. The van der Waals surface area contributed by atoms with Gasteiger partial charge < -0.3 is 10.5 Å². The standard InChI is InChI=1S/C15H23NO2/c1-10-9-13(18-5)11(2)8-12(10)14(17)15(3,4)6-7-16/h8-9H,6-7,16H2,1-5H3. The zero-order valence-electron chi connectivity index (χ0n) is 12.0. The molecule has 0 aliphatic carbocycles. The maximum absolute atomic E-state index is 12.5. The Morgan fingerprint density at radius 1 is 1.28 bits per heavy atom. The summed E-state index contributed by atoms with van der Waals surface area (Å²) in [6.45, 7) is 8.30. The van der Waals surface area contributed by atoms with Gasteiger partial charge >= 0.3 is 0 Å². The quantitative estimate of drug-likeness (QED) is 0.816. The van der Waals surface area contributed by atoms with Crippen LogP contribution < -0.4 is 10.5 Å². The van der Waals surface area contributed by atoms with E-state index in [2.05, 4.69) is 0 Å². The molecule has 0 heterocycles. The van der Waals surface area contributed by atoms with Gasteiger partial charge in [-0.15, -0.1) is 0 Å². The summed E-state index contributed by atoms with van der Waals surface area (Å²) in [4.78, 5) is 12.5. The molecule has 0 fully saturated rings. The number of nitrogens with two attached hydrogens (primary N) is 1. The molecule has 0 spiro atoms. The Morgan fingerprint density at radius 3 is 2.39 bits per heavy atom. The first-order valence-electron chi connectivity index (χ1n) is 6.23. The second-order valence-electron chi connectivity index (χ2n) is 5.39. The van der Waals surface area contributed by atoms with E-state index in [-0.39, 0.29) is 5.78 Å². The van der Waals surface area contributed by atoms with Crippen molar-refractivity contribution in [2.45, 2.75) is 34.1 Å². The number of ether oxygens (including phenoxy) is 1. The minimum absolute atomic E-state index is 0.149. The zero-order valence-corrected chi connectivity index (χ0v) is 12.0. The molecule has 0 unspecified atom stereocenters. The van der Waals surface area contributed by atoms with Crippen molar-refractivity contribution < 1.29 is 9.53 Å². The summed E-state index contributed by atoms with van der Waals surface area (Å²) in [7, 11) is 1.64. The summed E-state index contributed by atoms with van der Waals surface area (Å²) in [6.07, 6.45) is 0.691. The third-order valence-corrected chi connectivity index (χ3v) is 3.37. The van der Waals surface area contributed by atoms with Crippen LogP contribution in [-0.4, -0.2) is 19.4 Å². The summed E-state index contributed by atoms with van der Waals surface area (Å²) < 4.78 is 5.26. The molecule has 1 rings (SSSR count). The Kier molecular flexibility index (Phi) is 4.52. The van der Waals surface area contributed by atoms with Crippen molar-refractivity contribution in [3.05, 3.63) is 28.8 Å². The van der Waals surface area contributed by atoms with Gasteiger partial charge in [-0.1, -0.05) is 13.8 Å². The smallest absolute Gasteiger partial charge is 0.168 e. The molecule has 3 nitrogen and oxygen atoms in total. The molecule has 0 saturated carbocycles. The normalized spacial score (nSPS) is 11.4. The fourth-order valence-electron chi connectivity index (χ4n) is 2.09. The maximum atomic E-state index is 12.5. The Hall–Kier alpha value is -1.35. The average Bonchev–Trinajstić information content (AvgIpc) is 2.30. The van der Waals surface area contributed by atoms with E-state index in [1.165, 1.54) is 0 Å². The molecular weight excluding hydrogens is 226 g/mol. The van der Waals surface area contributed by atoms with Crippen LogP contribution in [0.5, 0.6) is 5.75 Å². The largest absolute Gasteiger partial charge is 0.496 e. The summed E-state index contributed by atoms with van der Waals surface area (Å²) >= 11 is 0. The van der Waals surface area contributed by atoms with E-state index in [9.17, 15) is 4.79 Å². The lowest BCUT2D eigenvalue weighted by atomic mass is 9.80. The third-order valence-electron chi connectivity index (χ3n) is 3.37. The van der Waals surface area contributed by atoms with Gasteiger partial charge in [-0.25, -0.2) is 0 Å². The van der Waals surface area contributed by atoms with Crippen LogP contribution in [0.25, 0.3) is 0 Å². The number of aryl methyl sites for hydroxylation is 2. The highest BCUT2D eigenvalue weighted by Crippen LogP contribution is 2.30. The number of methoxy groups -OCH3 is 1. The summed E-state index contributed by atoms with van der Waals surface area (Å²) in [5.74, 6) is 0.969. The molecule has 0 saturated heterocycles. The van der Waals surface area contributed by atoms with Crippen molar-refractivity contribution in [2.24, 2.45) is 11.1 Å². The van der Waals surface area contributed by atoms with E-state index in [0.29, 0.717) is 13.0 Å². The fraction of sp³-hybridized carbons (Fsp3) is 0.533. The first kappa shape index (κ1) is 14.7. The molecule has 18 heavy (non-hydrogen) atoms. The monoisotopic (exact) mass is 249 g/mol.